The minimum Gasteiger partial charge on any atom is -0.442 e. The molecule has 7 heteroatoms. The van der Waals surface area contributed by atoms with Gasteiger partial charge >= 0.3 is 6.09 Å². The van der Waals surface area contributed by atoms with Gasteiger partial charge in [-0.15, -0.1) is 0 Å². The maximum absolute atomic E-state index is 13.0. The number of pyridine rings is 1. The number of hydrogen-bond donors (Lipinski definition) is 2. The van der Waals surface area contributed by atoms with E-state index >= 15 is 0 Å². The van der Waals surface area contributed by atoms with Gasteiger partial charge in [0.15, 0.2) is 5.82 Å². The molecule has 1 aromatic heterocycles. The third-order valence-corrected chi connectivity index (χ3v) is 6.79. The van der Waals surface area contributed by atoms with Crippen molar-refractivity contribution in [3.63, 3.8) is 0 Å². The van der Waals surface area contributed by atoms with Crippen molar-refractivity contribution in [3.8, 4) is 0 Å². The van der Waals surface area contributed by atoms with Crippen molar-refractivity contribution in [1.82, 2.24) is 4.98 Å². The van der Waals surface area contributed by atoms with Crippen molar-refractivity contribution in [2.45, 2.75) is 97.7 Å². The van der Waals surface area contributed by atoms with Crippen molar-refractivity contribution in [2.75, 3.05) is 18.5 Å². The lowest BCUT2D eigenvalue weighted by molar-refractivity contribution is 0.0518. The van der Waals surface area contributed by atoms with Crippen LogP contribution in [0.2, 0.25) is 0 Å². The molecule has 2 heterocycles. The number of aliphatic hydroxyl groups is 1. The van der Waals surface area contributed by atoms with E-state index in [0.29, 0.717) is 37.6 Å². The molecule has 0 saturated carbocycles. The average molecular weight is 524 g/mol. The molecule has 1 aromatic carbocycles. The van der Waals surface area contributed by atoms with Gasteiger partial charge in [0.1, 0.15) is 11.8 Å². The topological polar surface area (TPSA) is 93.0 Å². The highest BCUT2D eigenvalue weighted by Gasteiger charge is 2.27. The molecule has 2 unspecified atom stereocenters. The first-order valence-electron chi connectivity index (χ1n) is 14.2. The molecule has 1 amide bonds. The van der Waals surface area contributed by atoms with Crippen molar-refractivity contribution in [2.24, 2.45) is 10.9 Å². The minimum atomic E-state index is -0.763. The van der Waals surface area contributed by atoms with E-state index in [1.807, 2.05) is 52.0 Å². The van der Waals surface area contributed by atoms with Gasteiger partial charge in [-0.25, -0.2) is 9.78 Å². The number of amides is 1. The predicted octanol–water partition coefficient (Wildman–Crippen LogP) is 7.53. The zero-order valence-electron chi connectivity index (χ0n) is 23.8. The molecule has 1 aliphatic rings. The fraction of sp³-hybridized carbons (Fsp3) is 0.581. The number of ether oxygens (including phenoxy) is 2. The van der Waals surface area contributed by atoms with Crippen LogP contribution in [0.3, 0.4) is 0 Å². The van der Waals surface area contributed by atoms with Crippen molar-refractivity contribution < 1.29 is 19.4 Å². The van der Waals surface area contributed by atoms with Crippen LogP contribution < -0.4 is 5.32 Å². The molecule has 3 rings (SSSR count). The zero-order valence-corrected chi connectivity index (χ0v) is 23.8. The number of nitrogens with one attached hydrogen (secondary N) is 1. The molecule has 2 aromatic rings. The molecule has 7 nitrogen and oxygen atoms in total. The van der Waals surface area contributed by atoms with E-state index in [2.05, 4.69) is 24.4 Å². The number of nitrogens with zero attached hydrogens (tertiary/aromatic N) is 2. The number of carbonyl (C=O) groups is 1. The molecular weight excluding hydrogens is 478 g/mol. The first-order valence-corrected chi connectivity index (χ1v) is 14.2. The second kappa shape index (κ2) is 14.4. The van der Waals surface area contributed by atoms with Crippen LogP contribution in [0.4, 0.5) is 16.3 Å². The van der Waals surface area contributed by atoms with Gasteiger partial charge in [0.2, 0.25) is 0 Å². The predicted molar refractivity (Wildman–Crippen MR) is 156 cm³/mol. The summed E-state index contributed by atoms with van der Waals surface area (Å²) in [4.78, 5) is 22.8. The van der Waals surface area contributed by atoms with Gasteiger partial charge in [-0.2, -0.15) is 0 Å². The van der Waals surface area contributed by atoms with E-state index in [4.69, 9.17) is 19.5 Å². The largest absolute Gasteiger partial charge is 0.442 e. The number of hydrogen-bond acceptors (Lipinski definition) is 6. The normalized spacial score (nSPS) is 17.0. The highest BCUT2D eigenvalue weighted by atomic mass is 16.6. The molecule has 0 fully saturated rings. The van der Waals surface area contributed by atoms with Crippen molar-refractivity contribution in [1.29, 1.82) is 0 Å². The van der Waals surface area contributed by atoms with Crippen LogP contribution in [-0.2, 0) is 15.9 Å². The molecular formula is C31H45N3O4. The summed E-state index contributed by atoms with van der Waals surface area (Å²) >= 11 is 0. The molecule has 0 spiro atoms. The lowest BCUT2D eigenvalue weighted by Crippen LogP contribution is -2.27. The second-order valence-corrected chi connectivity index (χ2v) is 10.8. The van der Waals surface area contributed by atoms with E-state index in [9.17, 15) is 9.90 Å². The standard InChI is InChI=1S/C31H45N3O4/c1-6-9-10-11-14-24(7-2)38-30(35)34-29-28-26(25-15-12-13-16-27(25)33-29)18-17-22(20-31(4,5)36)19-23(32-28)21-37-8-3/h11-16,22,24,36H,6-10,17-21H2,1-5H3,(H,33,34,35)/b14-11+,32-23?. The number of allylic oxidation sites excluding steroid dienone is 1. The lowest BCUT2D eigenvalue weighted by atomic mass is 9.84. The Morgan fingerprint density at radius 1 is 1.26 bits per heavy atom. The molecule has 208 valence electrons. The quantitative estimate of drug-likeness (QED) is 0.221. The summed E-state index contributed by atoms with van der Waals surface area (Å²) in [7, 11) is 0. The summed E-state index contributed by atoms with van der Waals surface area (Å²) in [5.74, 6) is 0.670. The number of benzene rings is 1. The van der Waals surface area contributed by atoms with Gasteiger partial charge in [-0.3, -0.25) is 10.3 Å². The van der Waals surface area contributed by atoms with Gasteiger partial charge in [0.05, 0.1) is 17.7 Å². The number of anilines is 1. The van der Waals surface area contributed by atoms with Crippen molar-refractivity contribution >= 4 is 34.2 Å². The Morgan fingerprint density at radius 2 is 2.05 bits per heavy atom. The van der Waals surface area contributed by atoms with Gasteiger partial charge in [0, 0.05) is 17.7 Å². The van der Waals surface area contributed by atoms with E-state index in [0.717, 1.165) is 60.7 Å². The van der Waals surface area contributed by atoms with E-state index in [-0.39, 0.29) is 12.0 Å². The Labute approximate surface area is 227 Å². The number of carbonyl (C=O) groups excluding carboxylic acids is 1. The summed E-state index contributed by atoms with van der Waals surface area (Å²) in [6.45, 7) is 10.8. The van der Waals surface area contributed by atoms with Crippen LogP contribution >= 0.6 is 0 Å². The summed E-state index contributed by atoms with van der Waals surface area (Å²) in [6.07, 6.45) is 10.2. The Hall–Kier alpha value is -2.77. The monoisotopic (exact) mass is 523 g/mol. The molecule has 0 bridgehead atoms. The fourth-order valence-corrected chi connectivity index (χ4v) is 5.00. The number of aryl methyl sites for hydroxylation is 1. The Bertz CT molecular complexity index is 1120. The van der Waals surface area contributed by atoms with Crippen LogP contribution in [0.15, 0.2) is 41.4 Å². The first kappa shape index (κ1) is 29.8. The Kier molecular flexibility index (Phi) is 11.3. The number of unbranched alkanes of at least 4 members (excludes halogenated alkanes) is 2. The molecule has 1 aliphatic heterocycles. The van der Waals surface area contributed by atoms with Gasteiger partial charge in [-0.1, -0.05) is 51.0 Å². The number of aromatic nitrogens is 1. The summed E-state index contributed by atoms with van der Waals surface area (Å²) in [5, 5.41) is 14.5. The molecule has 0 saturated heterocycles. The van der Waals surface area contributed by atoms with E-state index in [1.54, 1.807) is 0 Å². The van der Waals surface area contributed by atoms with Gasteiger partial charge in [-0.05, 0) is 82.9 Å². The number of fused-ring (bicyclic) bond motifs is 3. The highest BCUT2D eigenvalue weighted by Crippen LogP contribution is 2.39. The summed E-state index contributed by atoms with van der Waals surface area (Å²) in [6, 6.07) is 7.96. The Balaban J connectivity index is 1.97. The summed E-state index contributed by atoms with van der Waals surface area (Å²) in [5.41, 5.74) is 2.64. The number of rotatable bonds is 12. The third kappa shape index (κ3) is 8.91. The van der Waals surface area contributed by atoms with Crippen LogP contribution in [-0.4, -0.2) is 46.8 Å². The molecule has 2 atom stereocenters. The second-order valence-electron chi connectivity index (χ2n) is 10.8. The number of aliphatic imine (C=N–C) groups is 1. The van der Waals surface area contributed by atoms with Gasteiger partial charge < -0.3 is 14.6 Å². The van der Waals surface area contributed by atoms with Crippen LogP contribution in [0.5, 0.6) is 0 Å². The third-order valence-electron chi connectivity index (χ3n) is 6.79. The molecule has 0 aliphatic carbocycles. The Morgan fingerprint density at radius 3 is 2.76 bits per heavy atom. The SMILES string of the molecule is CCCC/C=C/C(CC)OC(=O)Nc1nc2ccccc2c2c1N=C(COCC)CC(CC(C)(C)O)CC2. The maximum atomic E-state index is 13.0. The van der Waals surface area contributed by atoms with E-state index in [1.165, 1.54) is 0 Å². The summed E-state index contributed by atoms with van der Waals surface area (Å²) < 4.78 is 11.5. The first-order chi connectivity index (χ1) is 18.2. The molecule has 38 heavy (non-hydrogen) atoms. The zero-order chi connectivity index (χ0) is 27.5. The van der Waals surface area contributed by atoms with E-state index < -0.39 is 11.7 Å². The van der Waals surface area contributed by atoms with Crippen LogP contribution in [0, 0.1) is 5.92 Å². The van der Waals surface area contributed by atoms with Crippen LogP contribution in [0.1, 0.15) is 85.1 Å². The van der Waals surface area contributed by atoms with Crippen molar-refractivity contribution in [3.05, 3.63) is 42.0 Å². The smallest absolute Gasteiger partial charge is 0.413 e. The molecule has 2 N–H and O–H groups in total. The number of para-hydroxylation sites is 1. The lowest BCUT2D eigenvalue weighted by Gasteiger charge is -2.28. The molecule has 0 radical (unpaired) electrons. The maximum Gasteiger partial charge on any atom is 0.413 e. The minimum absolute atomic E-state index is 0.264. The van der Waals surface area contributed by atoms with Gasteiger partial charge in [0.25, 0.3) is 0 Å². The fourth-order valence-electron chi connectivity index (χ4n) is 5.00. The highest BCUT2D eigenvalue weighted by molar-refractivity contribution is 5.98. The van der Waals surface area contributed by atoms with Crippen LogP contribution in [0.25, 0.3) is 10.9 Å². The average Bonchev–Trinajstić information content (AvgIpc) is 2.86.